The van der Waals surface area contributed by atoms with Gasteiger partial charge in [-0.25, -0.2) is 10.9 Å². The lowest BCUT2D eigenvalue weighted by Gasteiger charge is -2.02. The number of hydrazine groups is 1. The number of rotatable bonds is 1. The van der Waals surface area contributed by atoms with Gasteiger partial charge in [-0.3, -0.25) is 4.79 Å². The number of nitrogens with one attached hydrogen (secondary N) is 1. The van der Waals surface area contributed by atoms with Gasteiger partial charge in [0.15, 0.2) is 5.11 Å². The maximum atomic E-state index is 11.5. The molecule has 1 aromatic heterocycles. The molecule has 0 bridgehead atoms. The number of carbonyl (C=O) groups excluding carboxylic acids is 1. The summed E-state index contributed by atoms with van der Waals surface area (Å²) >= 11 is 6.43. The van der Waals surface area contributed by atoms with Gasteiger partial charge in [-0.15, -0.1) is 11.3 Å². The summed E-state index contributed by atoms with van der Waals surface area (Å²) in [5.74, 6) is 5.12. The zero-order valence-electron chi connectivity index (χ0n) is 7.98. The first kappa shape index (κ1) is 10.3. The van der Waals surface area contributed by atoms with Gasteiger partial charge in [0.25, 0.3) is 5.91 Å². The first-order valence-electron chi connectivity index (χ1n) is 4.25. The van der Waals surface area contributed by atoms with E-state index in [1.54, 1.807) is 17.4 Å². The molecule has 3 N–H and O–H groups in total. The van der Waals surface area contributed by atoms with Crippen molar-refractivity contribution in [1.29, 1.82) is 0 Å². The van der Waals surface area contributed by atoms with Gasteiger partial charge in [0, 0.05) is 4.88 Å². The number of thiophene rings is 1. The van der Waals surface area contributed by atoms with Crippen LogP contribution in [0.25, 0.3) is 6.08 Å². The molecule has 0 atom stereocenters. The highest BCUT2D eigenvalue weighted by atomic mass is 32.1. The zero-order chi connectivity index (χ0) is 11.0. The van der Waals surface area contributed by atoms with Crippen LogP contribution in [0.15, 0.2) is 17.1 Å². The molecule has 2 rings (SSSR count). The van der Waals surface area contributed by atoms with Crippen molar-refractivity contribution in [3.05, 3.63) is 27.6 Å². The van der Waals surface area contributed by atoms with Gasteiger partial charge in [-0.05, 0) is 42.2 Å². The standard InChI is InChI=1S/C9H9N3OS2/c1-5-2-3-15-7(5)4-6-8(13)12(10)9(14)11-6/h2-4H,10H2,1H3,(H,11,14)/b6-4-. The SMILES string of the molecule is Cc1ccsc1/C=C1\NC(=S)N(N)C1=O. The third-order valence-electron chi connectivity index (χ3n) is 2.09. The number of thiocarbonyl (C=S) groups is 1. The van der Waals surface area contributed by atoms with E-state index in [4.69, 9.17) is 18.1 Å². The summed E-state index contributed by atoms with van der Waals surface area (Å²) in [6, 6.07) is 2.00. The molecule has 1 amide bonds. The second-order valence-electron chi connectivity index (χ2n) is 3.13. The molecule has 15 heavy (non-hydrogen) atoms. The van der Waals surface area contributed by atoms with Crippen LogP contribution in [0.2, 0.25) is 0 Å². The minimum absolute atomic E-state index is 0.237. The molecule has 1 aromatic rings. The molecule has 4 nitrogen and oxygen atoms in total. The summed E-state index contributed by atoms with van der Waals surface area (Å²) in [7, 11) is 0. The van der Waals surface area contributed by atoms with Gasteiger partial charge in [0.2, 0.25) is 0 Å². The third-order valence-corrected chi connectivity index (χ3v) is 3.35. The van der Waals surface area contributed by atoms with Crippen LogP contribution in [-0.2, 0) is 4.79 Å². The van der Waals surface area contributed by atoms with Crippen molar-refractivity contribution >= 4 is 40.7 Å². The van der Waals surface area contributed by atoms with Gasteiger partial charge in [-0.1, -0.05) is 0 Å². The molecule has 0 saturated carbocycles. The van der Waals surface area contributed by atoms with Gasteiger partial charge in [0.05, 0.1) is 0 Å². The lowest BCUT2D eigenvalue weighted by Crippen LogP contribution is -2.36. The van der Waals surface area contributed by atoms with Gasteiger partial charge >= 0.3 is 0 Å². The topological polar surface area (TPSA) is 58.4 Å². The Morgan fingerprint density at radius 1 is 1.67 bits per heavy atom. The molecule has 0 radical (unpaired) electrons. The second kappa shape index (κ2) is 3.73. The first-order chi connectivity index (χ1) is 7.09. The minimum atomic E-state index is -0.298. The molecule has 0 aliphatic carbocycles. The molecule has 2 heterocycles. The van der Waals surface area contributed by atoms with E-state index in [0.29, 0.717) is 5.70 Å². The molecule has 0 unspecified atom stereocenters. The molecule has 1 aliphatic rings. The molecule has 0 aromatic carbocycles. The third kappa shape index (κ3) is 1.79. The van der Waals surface area contributed by atoms with Crippen molar-refractivity contribution in [2.45, 2.75) is 6.92 Å². The first-order valence-corrected chi connectivity index (χ1v) is 5.54. The number of nitrogens with two attached hydrogens (primary N) is 1. The van der Waals surface area contributed by atoms with Crippen LogP contribution in [0.3, 0.4) is 0 Å². The Bertz CT molecular complexity index is 464. The Labute approximate surface area is 96.3 Å². The molecule has 1 fully saturated rings. The van der Waals surface area contributed by atoms with Crippen molar-refractivity contribution in [2.24, 2.45) is 5.84 Å². The number of nitrogens with zero attached hydrogens (tertiary/aromatic N) is 1. The lowest BCUT2D eigenvalue weighted by atomic mass is 10.2. The monoisotopic (exact) mass is 239 g/mol. The molecular formula is C9H9N3OS2. The molecule has 0 spiro atoms. The number of aryl methyl sites for hydroxylation is 1. The largest absolute Gasteiger partial charge is 0.327 e. The number of amides is 1. The van der Waals surface area contributed by atoms with E-state index in [0.717, 1.165) is 15.4 Å². The average molecular weight is 239 g/mol. The van der Waals surface area contributed by atoms with Crippen LogP contribution in [0.1, 0.15) is 10.4 Å². The van der Waals surface area contributed by atoms with Crippen molar-refractivity contribution in [3.63, 3.8) is 0 Å². The highest BCUT2D eigenvalue weighted by Crippen LogP contribution is 2.20. The Morgan fingerprint density at radius 2 is 2.40 bits per heavy atom. The highest BCUT2D eigenvalue weighted by molar-refractivity contribution is 7.80. The smallest absolute Gasteiger partial charge is 0.290 e. The predicted molar refractivity (Wildman–Crippen MR) is 63.8 cm³/mol. The van der Waals surface area contributed by atoms with Crippen LogP contribution in [-0.4, -0.2) is 16.0 Å². The van der Waals surface area contributed by atoms with E-state index in [2.05, 4.69) is 5.32 Å². The Kier molecular flexibility index (Phi) is 2.56. The normalized spacial score (nSPS) is 18.8. The van der Waals surface area contributed by atoms with Gasteiger partial charge < -0.3 is 5.32 Å². The zero-order valence-corrected chi connectivity index (χ0v) is 9.61. The maximum absolute atomic E-state index is 11.5. The fourth-order valence-electron chi connectivity index (χ4n) is 1.21. The summed E-state index contributed by atoms with van der Waals surface area (Å²) < 4.78 is 0. The average Bonchev–Trinajstić information content (AvgIpc) is 2.69. The fourth-order valence-corrected chi connectivity index (χ4v) is 2.26. The summed E-state index contributed by atoms with van der Waals surface area (Å²) in [6.45, 7) is 1.99. The van der Waals surface area contributed by atoms with Crippen molar-refractivity contribution < 1.29 is 4.79 Å². The molecule has 6 heteroatoms. The summed E-state index contributed by atoms with van der Waals surface area (Å²) in [6.07, 6.45) is 1.77. The highest BCUT2D eigenvalue weighted by Gasteiger charge is 2.28. The number of carbonyl (C=O) groups is 1. The van der Waals surface area contributed by atoms with E-state index >= 15 is 0 Å². The van der Waals surface area contributed by atoms with E-state index in [9.17, 15) is 4.79 Å². The van der Waals surface area contributed by atoms with Crippen molar-refractivity contribution in [3.8, 4) is 0 Å². The molecule has 78 valence electrons. The quantitative estimate of drug-likeness (QED) is 0.332. The Hall–Kier alpha value is -1.24. The van der Waals surface area contributed by atoms with Gasteiger partial charge in [-0.2, -0.15) is 0 Å². The van der Waals surface area contributed by atoms with Crippen LogP contribution in [0.5, 0.6) is 0 Å². The van der Waals surface area contributed by atoms with Crippen molar-refractivity contribution in [1.82, 2.24) is 10.3 Å². The van der Waals surface area contributed by atoms with Crippen LogP contribution >= 0.6 is 23.6 Å². The minimum Gasteiger partial charge on any atom is -0.327 e. The van der Waals surface area contributed by atoms with E-state index in [-0.39, 0.29) is 11.0 Å². The Balaban J connectivity index is 2.34. The van der Waals surface area contributed by atoms with Gasteiger partial charge in [0.1, 0.15) is 5.70 Å². The summed E-state index contributed by atoms with van der Waals surface area (Å²) in [4.78, 5) is 12.6. The predicted octanol–water partition coefficient (Wildman–Crippen LogP) is 0.988. The van der Waals surface area contributed by atoms with Crippen LogP contribution in [0, 0.1) is 6.92 Å². The molecular weight excluding hydrogens is 230 g/mol. The Morgan fingerprint density at radius 3 is 2.87 bits per heavy atom. The maximum Gasteiger partial charge on any atom is 0.290 e. The van der Waals surface area contributed by atoms with E-state index in [1.165, 1.54) is 0 Å². The summed E-state index contributed by atoms with van der Waals surface area (Å²) in [5.41, 5.74) is 1.55. The van der Waals surface area contributed by atoms with Crippen LogP contribution < -0.4 is 11.2 Å². The lowest BCUT2D eigenvalue weighted by molar-refractivity contribution is -0.122. The molecule has 1 aliphatic heterocycles. The summed E-state index contributed by atoms with van der Waals surface area (Å²) in [5, 5.41) is 5.91. The number of hydrogen-bond donors (Lipinski definition) is 2. The van der Waals surface area contributed by atoms with E-state index in [1.807, 2.05) is 18.4 Å². The fraction of sp³-hybridized carbons (Fsp3) is 0.111. The van der Waals surface area contributed by atoms with E-state index < -0.39 is 0 Å². The number of hydrogen-bond acceptors (Lipinski definition) is 4. The van der Waals surface area contributed by atoms with Crippen LogP contribution in [0.4, 0.5) is 0 Å². The van der Waals surface area contributed by atoms with Crippen molar-refractivity contribution in [2.75, 3.05) is 0 Å². The second-order valence-corrected chi connectivity index (χ2v) is 4.47. The molecule has 1 saturated heterocycles.